The quantitative estimate of drug-likeness (QED) is 0.647. The highest BCUT2D eigenvalue weighted by molar-refractivity contribution is 5.97. The van der Waals surface area contributed by atoms with E-state index < -0.39 is 0 Å². The summed E-state index contributed by atoms with van der Waals surface area (Å²) in [7, 11) is 0. The van der Waals surface area contributed by atoms with Crippen molar-refractivity contribution in [2.75, 3.05) is 5.32 Å². The van der Waals surface area contributed by atoms with Crippen LogP contribution in [-0.2, 0) is 10.2 Å². The Labute approximate surface area is 155 Å². The Hall–Kier alpha value is -2.68. The van der Waals surface area contributed by atoms with Crippen LogP contribution in [0, 0.1) is 0 Å². The summed E-state index contributed by atoms with van der Waals surface area (Å²) in [6, 6.07) is 18.3. The van der Waals surface area contributed by atoms with Gasteiger partial charge in [-0.1, -0.05) is 63.2 Å². The predicted octanol–water partition coefficient (Wildman–Crippen LogP) is 5.66. The third kappa shape index (κ3) is 3.77. The molecule has 3 rings (SSSR count). The van der Waals surface area contributed by atoms with E-state index in [1.54, 1.807) is 6.20 Å². The summed E-state index contributed by atoms with van der Waals surface area (Å²) in [5.74, 6) is -0.246. The number of rotatable bonds is 5. The molecule has 1 aromatic heterocycles. The average molecular weight is 346 g/mol. The van der Waals surface area contributed by atoms with Gasteiger partial charge >= 0.3 is 0 Å². The van der Waals surface area contributed by atoms with Gasteiger partial charge in [-0.15, -0.1) is 0 Å². The normalized spacial score (nSPS) is 12.8. The van der Waals surface area contributed by atoms with Crippen LogP contribution in [-0.4, -0.2) is 10.9 Å². The van der Waals surface area contributed by atoms with Gasteiger partial charge in [0, 0.05) is 5.39 Å². The molecule has 0 radical (unpaired) electrons. The average Bonchev–Trinajstić information content (AvgIpc) is 2.67. The van der Waals surface area contributed by atoms with Crippen molar-refractivity contribution in [2.24, 2.45) is 0 Å². The van der Waals surface area contributed by atoms with Gasteiger partial charge in [0.15, 0.2) is 0 Å². The smallest absolute Gasteiger partial charge is 0.231 e. The lowest BCUT2D eigenvalue weighted by Gasteiger charge is -2.24. The van der Waals surface area contributed by atoms with Gasteiger partial charge < -0.3 is 5.32 Å². The van der Waals surface area contributed by atoms with Crippen molar-refractivity contribution < 1.29 is 4.79 Å². The van der Waals surface area contributed by atoms with Gasteiger partial charge in [0.25, 0.3) is 0 Å². The first-order chi connectivity index (χ1) is 12.4. The van der Waals surface area contributed by atoms with Gasteiger partial charge in [-0.3, -0.25) is 9.78 Å². The lowest BCUT2D eigenvalue weighted by atomic mass is 9.81. The molecule has 0 aliphatic carbocycles. The SMILES string of the molecule is CCC(C)(C)c1ccc(C(C)C(=O)Nc2cnc3ccccc3c2)cc1. The lowest BCUT2D eigenvalue weighted by Crippen LogP contribution is -2.19. The maximum atomic E-state index is 12.6. The molecule has 1 unspecified atom stereocenters. The summed E-state index contributed by atoms with van der Waals surface area (Å²) in [5.41, 5.74) is 4.12. The molecular weight excluding hydrogens is 320 g/mol. The van der Waals surface area contributed by atoms with E-state index in [1.165, 1.54) is 5.56 Å². The molecule has 0 aliphatic rings. The van der Waals surface area contributed by atoms with Crippen molar-refractivity contribution >= 4 is 22.5 Å². The fraction of sp³-hybridized carbons (Fsp3) is 0.304. The fourth-order valence-electron chi connectivity index (χ4n) is 2.97. The van der Waals surface area contributed by atoms with E-state index in [-0.39, 0.29) is 17.2 Å². The number of fused-ring (bicyclic) bond motifs is 1. The highest BCUT2D eigenvalue weighted by Gasteiger charge is 2.20. The molecule has 3 nitrogen and oxygen atoms in total. The zero-order valence-corrected chi connectivity index (χ0v) is 15.9. The van der Waals surface area contributed by atoms with E-state index in [2.05, 4.69) is 55.3 Å². The Morgan fingerprint density at radius 1 is 1.12 bits per heavy atom. The van der Waals surface area contributed by atoms with Crippen molar-refractivity contribution in [2.45, 2.75) is 45.4 Å². The molecule has 0 spiro atoms. The molecule has 3 heteroatoms. The number of benzene rings is 2. The van der Waals surface area contributed by atoms with Crippen LogP contribution in [0.25, 0.3) is 10.9 Å². The fourth-order valence-corrected chi connectivity index (χ4v) is 2.97. The van der Waals surface area contributed by atoms with Crippen LogP contribution in [0.15, 0.2) is 60.8 Å². The second-order valence-corrected chi connectivity index (χ2v) is 7.49. The van der Waals surface area contributed by atoms with E-state index in [1.807, 2.05) is 37.3 Å². The van der Waals surface area contributed by atoms with E-state index in [9.17, 15) is 4.79 Å². The molecule has 0 bridgehead atoms. The number of nitrogens with one attached hydrogen (secondary N) is 1. The zero-order chi connectivity index (χ0) is 18.7. The van der Waals surface area contributed by atoms with Crippen LogP contribution in [0.5, 0.6) is 0 Å². The standard InChI is InChI=1S/C23H26N2O/c1-5-23(3,4)19-12-10-17(11-13-19)16(2)22(26)25-20-14-18-8-6-7-9-21(18)24-15-20/h6-16H,5H2,1-4H3,(H,25,26). The molecule has 0 saturated heterocycles. The molecule has 1 atom stereocenters. The zero-order valence-electron chi connectivity index (χ0n) is 15.9. The summed E-state index contributed by atoms with van der Waals surface area (Å²) in [6.45, 7) is 8.61. The molecule has 134 valence electrons. The minimum absolute atomic E-state index is 0.0235. The first-order valence-corrected chi connectivity index (χ1v) is 9.17. The van der Waals surface area contributed by atoms with Crippen LogP contribution in [0.3, 0.4) is 0 Å². The minimum Gasteiger partial charge on any atom is -0.324 e. The molecule has 3 aromatic rings. The maximum Gasteiger partial charge on any atom is 0.231 e. The number of carbonyl (C=O) groups excluding carboxylic acids is 1. The van der Waals surface area contributed by atoms with E-state index >= 15 is 0 Å². The van der Waals surface area contributed by atoms with Crippen LogP contribution < -0.4 is 5.32 Å². The van der Waals surface area contributed by atoms with E-state index in [0.29, 0.717) is 0 Å². The molecular formula is C23H26N2O. The Balaban J connectivity index is 1.74. The van der Waals surface area contributed by atoms with Crippen LogP contribution in [0.2, 0.25) is 0 Å². The van der Waals surface area contributed by atoms with E-state index in [0.717, 1.165) is 28.6 Å². The third-order valence-corrected chi connectivity index (χ3v) is 5.33. The first-order valence-electron chi connectivity index (χ1n) is 9.17. The predicted molar refractivity (Wildman–Crippen MR) is 109 cm³/mol. The van der Waals surface area contributed by atoms with Crippen molar-refractivity contribution in [3.05, 3.63) is 71.9 Å². The summed E-state index contributed by atoms with van der Waals surface area (Å²) in [6.07, 6.45) is 2.79. The molecule has 0 fully saturated rings. The van der Waals surface area contributed by atoms with Gasteiger partial charge in [0.05, 0.1) is 23.3 Å². The third-order valence-electron chi connectivity index (χ3n) is 5.33. The van der Waals surface area contributed by atoms with Crippen LogP contribution >= 0.6 is 0 Å². The molecule has 2 aromatic carbocycles. The molecule has 1 heterocycles. The highest BCUT2D eigenvalue weighted by Crippen LogP contribution is 2.28. The topological polar surface area (TPSA) is 42.0 Å². The molecule has 0 saturated carbocycles. The highest BCUT2D eigenvalue weighted by atomic mass is 16.1. The minimum atomic E-state index is -0.222. The summed E-state index contributed by atoms with van der Waals surface area (Å²) >= 11 is 0. The van der Waals surface area contributed by atoms with Crippen molar-refractivity contribution in [3.8, 4) is 0 Å². The van der Waals surface area contributed by atoms with Gasteiger partial charge in [0.2, 0.25) is 5.91 Å². The van der Waals surface area contributed by atoms with Gasteiger partial charge in [0.1, 0.15) is 0 Å². The Bertz CT molecular complexity index is 913. The monoisotopic (exact) mass is 346 g/mol. The van der Waals surface area contributed by atoms with Gasteiger partial charge in [-0.2, -0.15) is 0 Å². The summed E-state index contributed by atoms with van der Waals surface area (Å²) < 4.78 is 0. The van der Waals surface area contributed by atoms with Crippen molar-refractivity contribution in [3.63, 3.8) is 0 Å². The van der Waals surface area contributed by atoms with Gasteiger partial charge in [-0.25, -0.2) is 0 Å². The Morgan fingerprint density at radius 2 is 1.81 bits per heavy atom. The number of para-hydroxylation sites is 1. The number of carbonyl (C=O) groups is 1. The van der Waals surface area contributed by atoms with Crippen LogP contribution in [0.4, 0.5) is 5.69 Å². The number of hydrogen-bond donors (Lipinski definition) is 1. The first kappa shape index (κ1) is 18.1. The number of hydrogen-bond acceptors (Lipinski definition) is 2. The molecule has 1 amide bonds. The second-order valence-electron chi connectivity index (χ2n) is 7.49. The van der Waals surface area contributed by atoms with Crippen molar-refractivity contribution in [1.29, 1.82) is 0 Å². The Kier molecular flexibility index (Phi) is 5.08. The van der Waals surface area contributed by atoms with Crippen molar-refractivity contribution in [1.82, 2.24) is 4.98 Å². The number of anilines is 1. The molecule has 26 heavy (non-hydrogen) atoms. The van der Waals surface area contributed by atoms with Gasteiger partial charge in [-0.05, 0) is 42.0 Å². The summed E-state index contributed by atoms with van der Waals surface area (Å²) in [4.78, 5) is 17.0. The number of pyridine rings is 1. The lowest BCUT2D eigenvalue weighted by molar-refractivity contribution is -0.117. The number of amides is 1. The largest absolute Gasteiger partial charge is 0.324 e. The molecule has 0 aliphatic heterocycles. The second kappa shape index (κ2) is 7.28. The molecule has 1 N–H and O–H groups in total. The summed E-state index contributed by atoms with van der Waals surface area (Å²) in [5, 5.41) is 4.00. The van der Waals surface area contributed by atoms with E-state index in [4.69, 9.17) is 0 Å². The van der Waals surface area contributed by atoms with Crippen LogP contribution in [0.1, 0.15) is 51.2 Å². The maximum absolute atomic E-state index is 12.6. The number of aromatic nitrogens is 1. The Morgan fingerprint density at radius 3 is 2.50 bits per heavy atom. The number of nitrogens with zero attached hydrogens (tertiary/aromatic N) is 1.